The van der Waals surface area contributed by atoms with Crippen molar-refractivity contribution in [1.82, 2.24) is 9.96 Å². The maximum absolute atomic E-state index is 13.9. The summed E-state index contributed by atoms with van der Waals surface area (Å²) in [7, 11) is -3.80. The quantitative estimate of drug-likeness (QED) is 0.469. The van der Waals surface area contributed by atoms with Gasteiger partial charge in [-0.05, 0) is 43.5 Å². The monoisotopic (exact) mass is 461 g/mol. The summed E-state index contributed by atoms with van der Waals surface area (Å²) < 4.78 is 23.0. The first-order valence-corrected chi connectivity index (χ1v) is 13.5. The highest BCUT2D eigenvalue weighted by atomic mass is 32.2. The van der Waals surface area contributed by atoms with Crippen molar-refractivity contribution in [3.05, 3.63) is 58.8 Å². The zero-order chi connectivity index (χ0) is 22.1. The van der Waals surface area contributed by atoms with Gasteiger partial charge in [0.25, 0.3) is 0 Å². The number of nitrogens with zero attached hydrogens (tertiary/aromatic N) is 1. The van der Waals surface area contributed by atoms with E-state index in [2.05, 4.69) is 12.2 Å². The smallest absolute Gasteiger partial charge is 0.238 e. The molecule has 1 saturated carbocycles. The van der Waals surface area contributed by atoms with E-state index in [0.29, 0.717) is 18.5 Å². The number of nitrogens with two attached hydrogens (primary N) is 1. The summed E-state index contributed by atoms with van der Waals surface area (Å²) in [5.74, 6) is 1.18. The Kier molecular flexibility index (Phi) is 6.76. The fourth-order valence-corrected chi connectivity index (χ4v) is 6.43. The molecule has 2 aromatic carbocycles. The highest BCUT2D eigenvalue weighted by Gasteiger charge is 2.31. The van der Waals surface area contributed by atoms with Crippen LogP contribution in [0, 0.1) is 11.1 Å². The Bertz CT molecular complexity index is 1040. The van der Waals surface area contributed by atoms with Crippen LogP contribution >= 0.6 is 11.8 Å². The molecule has 1 heterocycles. The largest absolute Gasteiger partial charge is 0.626 e. The number of hydrogen-bond donors (Lipinski definition) is 2. The van der Waals surface area contributed by atoms with Gasteiger partial charge in [-0.15, -0.1) is 0 Å². The summed E-state index contributed by atoms with van der Waals surface area (Å²) in [4.78, 5) is 0.994. The van der Waals surface area contributed by atoms with Crippen LogP contribution in [-0.2, 0) is 23.1 Å². The number of hydrogen-bond acceptors (Lipinski definition) is 5. The van der Waals surface area contributed by atoms with Crippen LogP contribution in [0.25, 0.3) is 0 Å². The molecule has 1 aliphatic heterocycles. The van der Waals surface area contributed by atoms with Gasteiger partial charge < -0.3 is 15.2 Å². The fourth-order valence-electron chi connectivity index (χ4n) is 4.82. The van der Waals surface area contributed by atoms with Gasteiger partial charge >= 0.3 is 0 Å². The third-order valence-electron chi connectivity index (χ3n) is 6.45. The minimum atomic E-state index is -3.80. The van der Waals surface area contributed by atoms with Crippen LogP contribution in [0.2, 0.25) is 0 Å². The zero-order valence-electron chi connectivity index (χ0n) is 17.9. The van der Waals surface area contributed by atoms with Crippen molar-refractivity contribution >= 4 is 27.5 Å². The summed E-state index contributed by atoms with van der Waals surface area (Å²) in [5.41, 5.74) is 2.47. The van der Waals surface area contributed by atoms with Gasteiger partial charge in [0.1, 0.15) is 18.1 Å². The molecule has 2 aliphatic rings. The maximum atomic E-state index is 13.9. The van der Waals surface area contributed by atoms with Crippen molar-refractivity contribution in [2.75, 3.05) is 5.88 Å². The van der Waals surface area contributed by atoms with Crippen molar-refractivity contribution in [3.8, 4) is 0 Å². The molecule has 0 amide bonds. The van der Waals surface area contributed by atoms with Crippen LogP contribution in [-0.4, -0.2) is 20.3 Å². The second-order valence-corrected chi connectivity index (χ2v) is 11.5. The highest BCUT2D eigenvalue weighted by Crippen LogP contribution is 2.40. The zero-order valence-corrected chi connectivity index (χ0v) is 19.6. The predicted octanol–water partition coefficient (Wildman–Crippen LogP) is 4.46. The molecular weight excluding hydrogens is 430 g/mol. The molecule has 8 heteroatoms. The van der Waals surface area contributed by atoms with E-state index < -0.39 is 14.7 Å². The number of fused-ring (bicyclic) bond motifs is 1. The third-order valence-corrected chi connectivity index (χ3v) is 8.61. The number of hydroxylamine groups is 2. The molecule has 2 atom stereocenters. The van der Waals surface area contributed by atoms with Gasteiger partial charge in [0.2, 0.25) is 10.0 Å². The van der Waals surface area contributed by atoms with Crippen LogP contribution in [0.15, 0.2) is 52.3 Å². The van der Waals surface area contributed by atoms with Crippen molar-refractivity contribution in [1.29, 1.82) is 0 Å². The van der Waals surface area contributed by atoms with E-state index in [-0.39, 0.29) is 11.4 Å². The molecule has 31 heavy (non-hydrogen) atoms. The number of sulfonamides is 1. The van der Waals surface area contributed by atoms with Gasteiger partial charge in [0, 0.05) is 28.6 Å². The molecule has 6 nitrogen and oxygen atoms in total. The molecule has 168 valence electrons. The standard InChI is InChI=1S/C23H31N3O3S2/c1-17(12-18-6-2-3-7-18)25-14-19-8-4-5-9-22(19)26(27)15-20-13-21(31(24,28)29)10-11-23(20)30-16-26/h4-5,8-11,13,17-18,25H,2-3,6-7,12,14-16H2,1H3,(H2,24,28,29)/t17-,26?/m0/s1. The van der Waals surface area contributed by atoms with E-state index in [1.165, 1.54) is 49.9 Å². The number of para-hydroxylation sites is 1. The molecule has 1 unspecified atom stereocenters. The van der Waals surface area contributed by atoms with E-state index >= 15 is 0 Å². The van der Waals surface area contributed by atoms with Crippen molar-refractivity contribution in [3.63, 3.8) is 0 Å². The first-order valence-electron chi connectivity index (χ1n) is 10.9. The van der Waals surface area contributed by atoms with Crippen molar-refractivity contribution in [2.24, 2.45) is 11.1 Å². The molecule has 0 spiro atoms. The third kappa shape index (κ3) is 5.32. The number of nitrogens with one attached hydrogen (secondary N) is 1. The van der Waals surface area contributed by atoms with Crippen molar-refractivity contribution < 1.29 is 8.42 Å². The molecule has 1 aliphatic carbocycles. The second kappa shape index (κ2) is 9.21. The Morgan fingerprint density at radius 1 is 1.23 bits per heavy atom. The maximum Gasteiger partial charge on any atom is 0.238 e. The fraction of sp³-hybridized carbons (Fsp3) is 0.478. The van der Waals surface area contributed by atoms with Crippen LogP contribution in [0.5, 0.6) is 0 Å². The van der Waals surface area contributed by atoms with Crippen molar-refractivity contribution in [2.45, 2.75) is 68.0 Å². The number of primary sulfonamides is 1. The molecule has 0 saturated heterocycles. The van der Waals surface area contributed by atoms with E-state index in [0.717, 1.165) is 27.6 Å². The Hall–Kier alpha value is -1.42. The Balaban J connectivity index is 1.52. The SMILES string of the molecule is C[C@@H](CC1CCCC1)NCc1ccccc1[N+]1([O-])CSc2ccc(S(N)(=O)=O)cc2C1. The number of benzene rings is 2. The van der Waals surface area contributed by atoms with E-state index in [1.807, 2.05) is 24.3 Å². The molecule has 0 aromatic heterocycles. The molecular formula is C23H31N3O3S2. The molecule has 3 N–H and O–H groups in total. The summed E-state index contributed by atoms with van der Waals surface area (Å²) >= 11 is 1.47. The van der Waals surface area contributed by atoms with E-state index in [4.69, 9.17) is 5.14 Å². The Morgan fingerprint density at radius 3 is 2.71 bits per heavy atom. The molecule has 1 fully saturated rings. The van der Waals surface area contributed by atoms with Gasteiger partial charge in [-0.2, -0.15) is 0 Å². The average molecular weight is 462 g/mol. The summed E-state index contributed by atoms with van der Waals surface area (Å²) in [6, 6.07) is 13.0. The van der Waals surface area contributed by atoms with Gasteiger partial charge in [0.15, 0.2) is 0 Å². The number of thioether (sulfide) groups is 1. The second-order valence-electron chi connectivity index (χ2n) is 8.93. The summed E-state index contributed by atoms with van der Waals surface area (Å²) in [6.45, 7) is 3.08. The first-order chi connectivity index (χ1) is 14.7. The van der Waals surface area contributed by atoms with Crippen LogP contribution < -0.4 is 15.1 Å². The lowest BCUT2D eigenvalue weighted by Crippen LogP contribution is -2.45. The van der Waals surface area contributed by atoms with Gasteiger partial charge in [0.05, 0.1) is 4.90 Å². The van der Waals surface area contributed by atoms with Gasteiger partial charge in [-0.3, -0.25) is 0 Å². The predicted molar refractivity (Wildman–Crippen MR) is 127 cm³/mol. The van der Waals surface area contributed by atoms with Crippen LogP contribution in [0.4, 0.5) is 5.69 Å². The topological polar surface area (TPSA) is 95.2 Å². The van der Waals surface area contributed by atoms with Crippen LogP contribution in [0.1, 0.15) is 50.2 Å². The molecule has 0 radical (unpaired) electrons. The van der Waals surface area contributed by atoms with Crippen LogP contribution in [0.3, 0.4) is 0 Å². The van der Waals surface area contributed by atoms with Gasteiger partial charge in [-0.25, -0.2) is 13.6 Å². The average Bonchev–Trinajstić information content (AvgIpc) is 3.24. The highest BCUT2D eigenvalue weighted by molar-refractivity contribution is 7.99. The normalized spacial score (nSPS) is 22.9. The minimum Gasteiger partial charge on any atom is -0.626 e. The Morgan fingerprint density at radius 2 is 1.97 bits per heavy atom. The molecule has 2 aromatic rings. The van der Waals surface area contributed by atoms with Gasteiger partial charge in [-0.1, -0.05) is 55.6 Å². The van der Waals surface area contributed by atoms with E-state index in [9.17, 15) is 13.6 Å². The minimum absolute atomic E-state index is 0.0518. The lowest BCUT2D eigenvalue weighted by molar-refractivity contribution is 0.393. The number of rotatable bonds is 7. The summed E-state index contributed by atoms with van der Waals surface area (Å²) in [5, 5.41) is 22.8. The number of quaternary nitrogens is 1. The first kappa shape index (κ1) is 22.8. The van der Waals surface area contributed by atoms with E-state index in [1.54, 1.807) is 12.1 Å². The lowest BCUT2D eigenvalue weighted by Gasteiger charge is -2.45. The lowest BCUT2D eigenvalue weighted by atomic mass is 9.99. The molecule has 4 rings (SSSR count). The Labute approximate surface area is 189 Å². The molecule has 0 bridgehead atoms. The summed E-state index contributed by atoms with van der Waals surface area (Å²) in [6.07, 6.45) is 6.55.